The molecule has 1 atom stereocenters. The van der Waals surface area contributed by atoms with Crippen LogP contribution in [0, 0.1) is 17.2 Å². The van der Waals surface area contributed by atoms with Crippen LogP contribution in [0.4, 0.5) is 17.6 Å². The van der Waals surface area contributed by atoms with Crippen LogP contribution < -0.4 is 5.32 Å². The number of hydrogen-bond acceptors (Lipinski definition) is 3. The van der Waals surface area contributed by atoms with E-state index in [4.69, 9.17) is 0 Å². The Morgan fingerprint density at radius 3 is 2.74 bits per heavy atom. The molecule has 5 nitrogen and oxygen atoms in total. The number of nitrogens with one attached hydrogen (secondary N) is 1. The van der Waals surface area contributed by atoms with Crippen molar-refractivity contribution in [2.75, 3.05) is 6.54 Å². The fourth-order valence-electron chi connectivity index (χ4n) is 3.42. The Balaban J connectivity index is 1.87. The van der Waals surface area contributed by atoms with E-state index in [0.717, 1.165) is 11.1 Å². The monoisotopic (exact) mass is 383 g/mol. The van der Waals surface area contributed by atoms with Crippen LogP contribution in [-0.2, 0) is 4.79 Å². The molecule has 1 saturated heterocycles. The Hall–Kier alpha value is -2.71. The summed E-state index contributed by atoms with van der Waals surface area (Å²) in [5, 5.41) is 2.47. The summed E-state index contributed by atoms with van der Waals surface area (Å²) in [6, 6.07) is 1.20. The van der Waals surface area contributed by atoms with Crippen molar-refractivity contribution >= 4 is 11.8 Å². The minimum Gasteiger partial charge on any atom is -0.322 e. The van der Waals surface area contributed by atoms with Gasteiger partial charge in [0.25, 0.3) is 5.91 Å². The second kappa shape index (κ2) is 6.47. The number of hydrogen-bond donors (Lipinski definition) is 1. The molecule has 1 aliphatic carbocycles. The van der Waals surface area contributed by atoms with Crippen molar-refractivity contribution in [1.29, 1.82) is 0 Å². The highest BCUT2D eigenvalue weighted by Gasteiger charge is 2.53. The van der Waals surface area contributed by atoms with Crippen molar-refractivity contribution in [2.45, 2.75) is 26.4 Å². The van der Waals surface area contributed by atoms with E-state index < -0.39 is 41.7 Å². The molecule has 1 aromatic heterocycles. The third-order valence-electron chi connectivity index (χ3n) is 4.83. The number of amides is 2. The van der Waals surface area contributed by atoms with E-state index >= 15 is 0 Å². The molecule has 0 spiro atoms. The van der Waals surface area contributed by atoms with Crippen molar-refractivity contribution in [3.63, 3.8) is 0 Å². The highest BCUT2D eigenvalue weighted by atomic mass is 19.4. The zero-order valence-corrected chi connectivity index (χ0v) is 14.6. The molecule has 0 aromatic carbocycles. The van der Waals surface area contributed by atoms with Gasteiger partial charge in [-0.15, -0.1) is 0 Å². The lowest BCUT2D eigenvalue weighted by atomic mass is 9.76. The molecule has 1 fully saturated rings. The first-order chi connectivity index (χ1) is 12.5. The Kier molecular flexibility index (Phi) is 4.57. The predicted octanol–water partition coefficient (Wildman–Crippen LogP) is 3.17. The minimum atomic E-state index is -4.55. The van der Waals surface area contributed by atoms with E-state index in [9.17, 15) is 27.2 Å². The number of alkyl halides is 3. The Bertz CT molecular complexity index is 858. The van der Waals surface area contributed by atoms with Gasteiger partial charge in [0.2, 0.25) is 5.91 Å². The van der Waals surface area contributed by atoms with Crippen molar-refractivity contribution in [3.05, 3.63) is 53.4 Å². The van der Waals surface area contributed by atoms with E-state index in [1.807, 2.05) is 0 Å². The maximum Gasteiger partial charge on any atom is 0.406 e. The molecule has 1 aromatic rings. The van der Waals surface area contributed by atoms with E-state index in [2.05, 4.69) is 10.3 Å². The smallest absolute Gasteiger partial charge is 0.322 e. The molecule has 2 amide bonds. The number of carbonyl (C=O) groups is 2. The largest absolute Gasteiger partial charge is 0.406 e. The summed E-state index contributed by atoms with van der Waals surface area (Å²) in [5.74, 6) is -2.60. The molecule has 1 N–H and O–H groups in total. The van der Waals surface area contributed by atoms with Gasteiger partial charge in [-0.2, -0.15) is 13.2 Å². The molecule has 1 unspecified atom stereocenters. The standard InChI is InChI=1S/C18H17F4N3O2/c1-17(2)12-4-3-10(24-15(26)11-5-6-23-8-13(11)19)7-14(12)25(16(17)27)9-18(20,21)22/h3,5-8,12H,4,9H2,1-2H3,(H,24,26). The summed E-state index contributed by atoms with van der Waals surface area (Å²) in [6.45, 7) is 1.82. The number of rotatable bonds is 3. The number of allylic oxidation sites excluding steroid dienone is 3. The van der Waals surface area contributed by atoms with E-state index in [-0.39, 0.29) is 23.4 Å². The predicted molar refractivity (Wildman–Crippen MR) is 87.5 cm³/mol. The van der Waals surface area contributed by atoms with Gasteiger partial charge in [-0.05, 0) is 18.6 Å². The first-order valence-electron chi connectivity index (χ1n) is 8.22. The molecule has 0 bridgehead atoms. The van der Waals surface area contributed by atoms with Crippen LogP contribution in [0.2, 0.25) is 0 Å². The van der Waals surface area contributed by atoms with Gasteiger partial charge in [-0.25, -0.2) is 4.39 Å². The molecular weight excluding hydrogens is 366 g/mol. The van der Waals surface area contributed by atoms with Gasteiger partial charge in [0.1, 0.15) is 6.54 Å². The number of nitrogens with zero attached hydrogens (tertiary/aromatic N) is 2. The zero-order chi connectivity index (χ0) is 20.0. The number of pyridine rings is 1. The van der Waals surface area contributed by atoms with E-state index in [1.54, 1.807) is 19.9 Å². The average molecular weight is 383 g/mol. The second-order valence-electron chi connectivity index (χ2n) is 7.05. The summed E-state index contributed by atoms with van der Waals surface area (Å²) in [4.78, 5) is 29.0. The number of halogens is 4. The molecule has 27 heavy (non-hydrogen) atoms. The summed E-state index contributed by atoms with van der Waals surface area (Å²) >= 11 is 0. The van der Waals surface area contributed by atoms with Crippen LogP contribution in [0.15, 0.2) is 42.0 Å². The average Bonchev–Trinajstić information content (AvgIpc) is 2.75. The van der Waals surface area contributed by atoms with E-state index in [1.165, 1.54) is 18.3 Å². The van der Waals surface area contributed by atoms with Gasteiger partial charge in [0, 0.05) is 23.5 Å². The summed E-state index contributed by atoms with van der Waals surface area (Å²) in [6.07, 6.45) is 0.854. The molecular formula is C18H17F4N3O2. The fraction of sp³-hybridized carbons (Fsp3) is 0.389. The first kappa shape index (κ1) is 19.1. The number of carbonyl (C=O) groups excluding carboxylic acids is 2. The normalized spacial score (nSPS) is 21.5. The maximum atomic E-state index is 13.7. The van der Waals surface area contributed by atoms with Crippen LogP contribution in [0.1, 0.15) is 30.6 Å². The molecule has 2 aliphatic rings. The van der Waals surface area contributed by atoms with Gasteiger partial charge >= 0.3 is 6.18 Å². The molecule has 1 aliphatic heterocycles. The fourth-order valence-corrected chi connectivity index (χ4v) is 3.42. The Morgan fingerprint density at radius 1 is 1.41 bits per heavy atom. The number of likely N-dealkylation sites (tertiary alicyclic amines) is 1. The highest BCUT2D eigenvalue weighted by Crippen LogP contribution is 2.48. The summed E-state index contributed by atoms with van der Waals surface area (Å²) in [5.41, 5.74) is -0.794. The maximum absolute atomic E-state index is 13.7. The molecule has 9 heteroatoms. The van der Waals surface area contributed by atoms with Gasteiger partial charge in [-0.3, -0.25) is 14.6 Å². The second-order valence-corrected chi connectivity index (χ2v) is 7.05. The Morgan fingerprint density at radius 2 is 2.11 bits per heavy atom. The van der Waals surface area contributed by atoms with Crippen molar-refractivity contribution in [2.24, 2.45) is 11.3 Å². The van der Waals surface area contributed by atoms with Crippen LogP contribution in [0.5, 0.6) is 0 Å². The van der Waals surface area contributed by atoms with Crippen molar-refractivity contribution in [1.82, 2.24) is 15.2 Å². The third kappa shape index (κ3) is 3.58. The van der Waals surface area contributed by atoms with Gasteiger partial charge in [0.05, 0.1) is 17.2 Å². The SMILES string of the molecule is CC1(C)C(=O)N(CC(F)(F)F)C2=CC(NC(=O)c3ccncc3F)=CCC21. The summed E-state index contributed by atoms with van der Waals surface area (Å²) < 4.78 is 52.4. The van der Waals surface area contributed by atoms with Gasteiger partial charge in [-0.1, -0.05) is 19.9 Å². The van der Waals surface area contributed by atoms with E-state index in [0.29, 0.717) is 0 Å². The van der Waals surface area contributed by atoms with Crippen molar-refractivity contribution < 1.29 is 27.2 Å². The van der Waals surface area contributed by atoms with Crippen LogP contribution in [-0.4, -0.2) is 34.4 Å². The van der Waals surface area contributed by atoms with Crippen LogP contribution in [0.3, 0.4) is 0 Å². The molecule has 3 rings (SSSR count). The van der Waals surface area contributed by atoms with Crippen LogP contribution >= 0.6 is 0 Å². The zero-order valence-electron chi connectivity index (χ0n) is 14.6. The number of aromatic nitrogens is 1. The third-order valence-corrected chi connectivity index (χ3v) is 4.83. The quantitative estimate of drug-likeness (QED) is 0.816. The lowest BCUT2D eigenvalue weighted by Crippen LogP contribution is -2.37. The molecule has 0 saturated carbocycles. The molecule has 0 radical (unpaired) electrons. The first-order valence-corrected chi connectivity index (χ1v) is 8.22. The number of fused-ring (bicyclic) bond motifs is 1. The highest BCUT2D eigenvalue weighted by molar-refractivity contribution is 5.96. The topological polar surface area (TPSA) is 62.3 Å². The van der Waals surface area contributed by atoms with Crippen LogP contribution in [0.25, 0.3) is 0 Å². The molecule has 144 valence electrons. The Labute approximate surface area is 152 Å². The lowest BCUT2D eigenvalue weighted by Gasteiger charge is -2.26. The molecule has 2 heterocycles. The van der Waals surface area contributed by atoms with Gasteiger partial charge < -0.3 is 10.2 Å². The minimum absolute atomic E-state index is 0.204. The van der Waals surface area contributed by atoms with Gasteiger partial charge in [0.15, 0.2) is 5.82 Å². The van der Waals surface area contributed by atoms with Crippen molar-refractivity contribution in [3.8, 4) is 0 Å². The summed E-state index contributed by atoms with van der Waals surface area (Å²) in [7, 11) is 0. The lowest BCUT2D eigenvalue weighted by molar-refractivity contribution is -0.157.